The summed E-state index contributed by atoms with van der Waals surface area (Å²) < 4.78 is 15.9. The molecule has 6 nitrogen and oxygen atoms in total. The van der Waals surface area contributed by atoms with Gasteiger partial charge in [0.2, 0.25) is 6.20 Å². The highest BCUT2D eigenvalue weighted by Crippen LogP contribution is 2.32. The molecule has 17 heavy (non-hydrogen) atoms. The molecule has 0 aliphatic heterocycles. The van der Waals surface area contributed by atoms with Crippen LogP contribution in [0.2, 0.25) is 5.02 Å². The molecular weight excluding hydrogens is 248 g/mol. The van der Waals surface area contributed by atoms with E-state index in [0.717, 1.165) is 0 Å². The lowest BCUT2D eigenvalue weighted by Crippen LogP contribution is -2.32. The lowest BCUT2D eigenvalue weighted by atomic mass is 10.2. The molecule has 90 valence electrons. The van der Waals surface area contributed by atoms with Gasteiger partial charge in [-0.3, -0.25) is 0 Å². The molecule has 0 unspecified atom stereocenters. The molecule has 1 aromatic carbocycles. The summed E-state index contributed by atoms with van der Waals surface area (Å²) in [5.74, 6) is 0.377. The van der Waals surface area contributed by atoms with Crippen molar-refractivity contribution in [2.75, 3.05) is 14.2 Å². The number of halogens is 1. The second kappa shape index (κ2) is 4.50. The number of hydrogen-bond acceptors (Lipinski definition) is 5. The van der Waals surface area contributed by atoms with E-state index in [4.69, 9.17) is 21.1 Å². The van der Waals surface area contributed by atoms with Crippen molar-refractivity contribution in [1.82, 2.24) is 5.27 Å². The third-order valence-electron chi connectivity index (χ3n) is 2.15. The molecule has 2 aromatic rings. The van der Waals surface area contributed by atoms with Crippen LogP contribution in [0.4, 0.5) is 0 Å². The average Bonchev–Trinajstić information content (AvgIpc) is 2.75. The lowest BCUT2D eigenvalue weighted by molar-refractivity contribution is -0.670. The SMILES string of the molecule is COc1cc(OC)c(-[n+]2cc([O-])on2)cc1Cl. The first-order valence-corrected chi connectivity index (χ1v) is 5.01. The summed E-state index contributed by atoms with van der Waals surface area (Å²) in [5.41, 5.74) is 0.490. The van der Waals surface area contributed by atoms with Gasteiger partial charge in [0, 0.05) is 12.1 Å². The molecular formula is C10H9ClN2O4. The molecule has 1 heterocycles. The van der Waals surface area contributed by atoms with Gasteiger partial charge in [0.1, 0.15) is 11.7 Å². The van der Waals surface area contributed by atoms with E-state index in [9.17, 15) is 5.11 Å². The monoisotopic (exact) mass is 256 g/mol. The molecule has 0 radical (unpaired) electrons. The molecule has 0 spiro atoms. The maximum Gasteiger partial charge on any atom is 0.282 e. The number of aromatic nitrogens is 2. The molecule has 7 heteroatoms. The fraction of sp³-hybridized carbons (Fsp3) is 0.200. The number of nitrogens with zero attached hydrogens (tertiary/aromatic N) is 2. The van der Waals surface area contributed by atoms with Crippen LogP contribution in [-0.2, 0) is 0 Å². The van der Waals surface area contributed by atoms with Gasteiger partial charge in [0.15, 0.2) is 5.75 Å². The summed E-state index contributed by atoms with van der Waals surface area (Å²) in [6, 6.07) is 3.17. The Balaban J connectivity index is 2.57. The van der Waals surface area contributed by atoms with Gasteiger partial charge >= 0.3 is 0 Å². The molecule has 2 rings (SSSR count). The van der Waals surface area contributed by atoms with Crippen molar-refractivity contribution in [2.24, 2.45) is 0 Å². The van der Waals surface area contributed by atoms with Crippen molar-refractivity contribution in [3.63, 3.8) is 0 Å². The summed E-state index contributed by atoms with van der Waals surface area (Å²) in [7, 11) is 2.99. The standard InChI is InChI=1S/C10H9ClN2O4/c1-15-8-4-9(16-2)7(3-6(8)11)13-5-10(14)17-12-13/h3-5H,1-2H3. The first kappa shape index (κ1) is 11.5. The van der Waals surface area contributed by atoms with Crippen molar-refractivity contribution in [3.8, 4) is 23.1 Å². The zero-order chi connectivity index (χ0) is 12.4. The topological polar surface area (TPSA) is 71.4 Å². The Bertz CT molecular complexity index is 541. The molecule has 0 bridgehead atoms. The fourth-order valence-electron chi connectivity index (χ4n) is 1.37. The zero-order valence-electron chi connectivity index (χ0n) is 9.14. The molecule has 0 atom stereocenters. The Hall–Kier alpha value is -1.95. The molecule has 0 aliphatic rings. The van der Waals surface area contributed by atoms with Crippen LogP contribution in [0.25, 0.3) is 5.69 Å². The van der Waals surface area contributed by atoms with Crippen molar-refractivity contribution in [2.45, 2.75) is 0 Å². The van der Waals surface area contributed by atoms with E-state index < -0.39 is 5.95 Å². The second-order valence-electron chi connectivity index (χ2n) is 3.12. The first-order chi connectivity index (χ1) is 8.15. The number of ether oxygens (including phenoxy) is 2. The van der Waals surface area contributed by atoms with E-state index in [2.05, 4.69) is 9.79 Å². The van der Waals surface area contributed by atoms with E-state index >= 15 is 0 Å². The highest BCUT2D eigenvalue weighted by atomic mass is 35.5. The van der Waals surface area contributed by atoms with E-state index in [-0.39, 0.29) is 0 Å². The first-order valence-electron chi connectivity index (χ1n) is 4.63. The fourth-order valence-corrected chi connectivity index (χ4v) is 1.60. The van der Waals surface area contributed by atoms with E-state index in [1.807, 2.05) is 0 Å². The Morgan fingerprint density at radius 2 is 2.00 bits per heavy atom. The highest BCUT2D eigenvalue weighted by molar-refractivity contribution is 6.32. The number of methoxy groups -OCH3 is 2. The molecule has 0 amide bonds. The van der Waals surface area contributed by atoms with E-state index in [0.29, 0.717) is 22.2 Å². The van der Waals surface area contributed by atoms with Crippen LogP contribution in [0.3, 0.4) is 0 Å². The normalized spacial score (nSPS) is 10.3. The Labute approximate surface area is 102 Å². The van der Waals surface area contributed by atoms with Crippen molar-refractivity contribution in [1.29, 1.82) is 0 Å². The Morgan fingerprint density at radius 3 is 2.53 bits per heavy atom. The van der Waals surface area contributed by atoms with Gasteiger partial charge < -0.3 is 19.1 Å². The van der Waals surface area contributed by atoms with Crippen LogP contribution in [0.15, 0.2) is 22.9 Å². The molecule has 0 saturated heterocycles. The van der Waals surface area contributed by atoms with Crippen molar-refractivity contribution in [3.05, 3.63) is 23.4 Å². The van der Waals surface area contributed by atoms with Gasteiger partial charge in [-0.15, -0.1) is 0 Å². The van der Waals surface area contributed by atoms with Crippen LogP contribution in [0, 0.1) is 0 Å². The smallest absolute Gasteiger partial charge is 0.282 e. The van der Waals surface area contributed by atoms with Crippen LogP contribution in [0.5, 0.6) is 17.4 Å². The quantitative estimate of drug-likeness (QED) is 0.756. The minimum Gasteiger partial charge on any atom is -0.539 e. The summed E-state index contributed by atoms with van der Waals surface area (Å²) in [6.07, 6.45) is 1.18. The minimum atomic E-state index is -0.556. The van der Waals surface area contributed by atoms with E-state index in [1.165, 1.54) is 25.1 Å². The predicted octanol–water partition coefficient (Wildman–Crippen LogP) is 0.695. The van der Waals surface area contributed by atoms with Crippen LogP contribution in [-0.4, -0.2) is 19.5 Å². The minimum absolute atomic E-state index is 0.381. The third kappa shape index (κ3) is 2.12. The maximum absolute atomic E-state index is 10.9. The third-order valence-corrected chi connectivity index (χ3v) is 2.44. The van der Waals surface area contributed by atoms with Gasteiger partial charge in [0.25, 0.3) is 5.69 Å². The summed E-state index contributed by atoms with van der Waals surface area (Å²) >= 11 is 5.98. The van der Waals surface area contributed by atoms with Gasteiger partial charge in [-0.05, 0) is 4.68 Å². The summed E-state index contributed by atoms with van der Waals surface area (Å²) in [5, 5.41) is 14.8. The Morgan fingerprint density at radius 1 is 1.29 bits per heavy atom. The summed E-state index contributed by atoms with van der Waals surface area (Å²) in [6.45, 7) is 0. The molecule has 0 aliphatic carbocycles. The van der Waals surface area contributed by atoms with E-state index in [1.54, 1.807) is 12.1 Å². The molecule has 0 saturated carbocycles. The van der Waals surface area contributed by atoms with Crippen LogP contribution >= 0.6 is 11.6 Å². The highest BCUT2D eigenvalue weighted by Gasteiger charge is 2.20. The zero-order valence-corrected chi connectivity index (χ0v) is 9.89. The van der Waals surface area contributed by atoms with Gasteiger partial charge in [0.05, 0.1) is 24.5 Å². The number of benzene rings is 1. The maximum atomic E-state index is 10.9. The molecule has 0 N–H and O–H groups in total. The molecule has 1 aromatic heterocycles. The number of rotatable bonds is 3. The lowest BCUT2D eigenvalue weighted by Gasteiger charge is -2.06. The van der Waals surface area contributed by atoms with Gasteiger partial charge in [-0.25, -0.2) is 0 Å². The number of hydrogen-bond donors (Lipinski definition) is 0. The second-order valence-corrected chi connectivity index (χ2v) is 3.53. The largest absolute Gasteiger partial charge is 0.539 e. The van der Waals surface area contributed by atoms with Crippen LogP contribution in [0.1, 0.15) is 0 Å². The van der Waals surface area contributed by atoms with Crippen molar-refractivity contribution >= 4 is 11.6 Å². The predicted molar refractivity (Wildman–Crippen MR) is 55.6 cm³/mol. The average molecular weight is 257 g/mol. The molecule has 0 fully saturated rings. The van der Waals surface area contributed by atoms with Gasteiger partial charge in [-0.1, -0.05) is 11.6 Å². The van der Waals surface area contributed by atoms with Crippen molar-refractivity contribution < 1.29 is 23.8 Å². The van der Waals surface area contributed by atoms with Gasteiger partial charge in [-0.2, -0.15) is 0 Å². The van der Waals surface area contributed by atoms with Crippen LogP contribution < -0.4 is 19.3 Å². The summed E-state index contributed by atoms with van der Waals surface area (Å²) in [4.78, 5) is 0. The Kier molecular flexibility index (Phi) is 3.06.